The number of nitrogens with one attached hydrogen (secondary N) is 1. The number of aryl methyl sites for hydroxylation is 3. The van der Waals surface area contributed by atoms with Crippen LogP contribution in [-0.2, 0) is 19.5 Å². The van der Waals surface area contributed by atoms with Gasteiger partial charge in [-0.25, -0.2) is 20.1 Å². The number of hydrogen-bond acceptors (Lipinski definition) is 6. The fraction of sp³-hybridized carbons (Fsp3) is 0.231. The van der Waals surface area contributed by atoms with Crippen molar-refractivity contribution in [1.82, 2.24) is 44.7 Å². The predicted molar refractivity (Wildman–Crippen MR) is 134 cm³/mol. The lowest BCUT2D eigenvalue weighted by Gasteiger charge is -2.10. The summed E-state index contributed by atoms with van der Waals surface area (Å²) in [6.07, 6.45) is 0.839. The molecule has 1 N–H and O–H groups in total. The first-order valence-corrected chi connectivity index (χ1v) is 11.7. The van der Waals surface area contributed by atoms with Crippen molar-refractivity contribution < 1.29 is 0 Å². The summed E-state index contributed by atoms with van der Waals surface area (Å²) in [5, 5.41) is 14.5. The Bertz CT molecular complexity index is 1640. The molecule has 0 bridgehead atoms. The molecule has 0 saturated heterocycles. The Hall–Kier alpha value is -4.40. The minimum atomic E-state index is 0.491. The zero-order chi connectivity index (χ0) is 23.9. The van der Waals surface area contributed by atoms with E-state index in [0.717, 1.165) is 62.7 Å². The van der Waals surface area contributed by atoms with Gasteiger partial charge in [-0.1, -0.05) is 43.3 Å². The summed E-state index contributed by atoms with van der Waals surface area (Å²) < 4.78 is 4.39. The highest BCUT2D eigenvalue weighted by Gasteiger charge is 2.17. The molecular formula is C26H25N9. The molecule has 0 saturated carbocycles. The number of tetrazole rings is 1. The van der Waals surface area contributed by atoms with Crippen molar-refractivity contribution in [1.29, 1.82) is 0 Å². The van der Waals surface area contributed by atoms with Crippen LogP contribution < -0.4 is 0 Å². The van der Waals surface area contributed by atoms with Crippen molar-refractivity contribution in [3.63, 3.8) is 0 Å². The summed E-state index contributed by atoms with van der Waals surface area (Å²) >= 11 is 0. The number of imidazole rings is 2. The van der Waals surface area contributed by atoms with E-state index < -0.39 is 0 Å². The number of hydrogen-bond donors (Lipinski definition) is 1. The molecule has 4 aromatic heterocycles. The molecular weight excluding hydrogens is 438 g/mol. The summed E-state index contributed by atoms with van der Waals surface area (Å²) in [7, 11) is 0. The Balaban J connectivity index is 1.49. The minimum Gasteiger partial charge on any atom is -0.316 e. The maximum Gasteiger partial charge on any atom is 0.168 e. The van der Waals surface area contributed by atoms with Crippen LogP contribution in [0.2, 0.25) is 0 Å². The van der Waals surface area contributed by atoms with Crippen LogP contribution >= 0.6 is 0 Å². The number of H-pyrrole nitrogens is 1. The van der Waals surface area contributed by atoms with Crippen LogP contribution in [0.15, 0.2) is 54.6 Å². The van der Waals surface area contributed by atoms with Crippen LogP contribution in [0, 0.1) is 13.8 Å². The summed E-state index contributed by atoms with van der Waals surface area (Å²) in [4.78, 5) is 14.7. The van der Waals surface area contributed by atoms with Crippen LogP contribution in [0.25, 0.3) is 33.6 Å². The van der Waals surface area contributed by atoms with Crippen molar-refractivity contribution >= 4 is 22.2 Å². The second-order valence-electron chi connectivity index (χ2n) is 8.78. The molecule has 0 radical (unpaired) electrons. The van der Waals surface area contributed by atoms with Gasteiger partial charge in [-0.2, -0.15) is 0 Å². The van der Waals surface area contributed by atoms with E-state index in [9.17, 15) is 0 Å². The van der Waals surface area contributed by atoms with E-state index in [0.29, 0.717) is 18.9 Å². The molecule has 2 aromatic carbocycles. The van der Waals surface area contributed by atoms with E-state index in [2.05, 4.69) is 80.0 Å². The van der Waals surface area contributed by atoms with Crippen LogP contribution in [0.1, 0.15) is 35.4 Å². The fourth-order valence-corrected chi connectivity index (χ4v) is 4.70. The zero-order valence-corrected chi connectivity index (χ0v) is 19.9. The molecule has 0 fully saturated rings. The lowest BCUT2D eigenvalue weighted by Crippen LogP contribution is -2.07. The highest BCUT2D eigenvalue weighted by molar-refractivity contribution is 5.82. The van der Waals surface area contributed by atoms with E-state index in [1.165, 1.54) is 0 Å². The van der Waals surface area contributed by atoms with Crippen molar-refractivity contribution in [3.05, 3.63) is 83.1 Å². The van der Waals surface area contributed by atoms with Gasteiger partial charge in [-0.15, -0.1) is 5.10 Å². The third-order valence-electron chi connectivity index (χ3n) is 6.30. The van der Waals surface area contributed by atoms with Gasteiger partial charge in [0.1, 0.15) is 17.2 Å². The Morgan fingerprint density at radius 1 is 0.886 bits per heavy atom. The van der Waals surface area contributed by atoms with Gasteiger partial charge in [-0.05, 0) is 53.6 Å². The maximum atomic E-state index is 4.96. The van der Waals surface area contributed by atoms with Crippen molar-refractivity contribution in [2.24, 2.45) is 0 Å². The Kier molecular flexibility index (Phi) is 5.09. The lowest BCUT2D eigenvalue weighted by molar-refractivity contribution is 0.743. The van der Waals surface area contributed by atoms with E-state index in [1.807, 2.05) is 25.1 Å². The molecule has 9 heteroatoms. The molecule has 6 rings (SSSR count). The average molecular weight is 464 g/mol. The molecule has 0 atom stereocenters. The van der Waals surface area contributed by atoms with Gasteiger partial charge in [0, 0.05) is 17.7 Å². The summed E-state index contributed by atoms with van der Waals surface area (Å²) in [6, 6.07) is 18.7. The molecule has 174 valence electrons. The first kappa shape index (κ1) is 21.2. The van der Waals surface area contributed by atoms with E-state index >= 15 is 0 Å². The molecule has 9 nitrogen and oxygen atoms in total. The fourth-order valence-electron chi connectivity index (χ4n) is 4.70. The lowest BCUT2D eigenvalue weighted by atomic mass is 10.2. The molecule has 0 spiro atoms. The van der Waals surface area contributed by atoms with E-state index in [-0.39, 0.29) is 0 Å². The first-order chi connectivity index (χ1) is 17.1. The Morgan fingerprint density at radius 2 is 1.74 bits per heavy atom. The molecule has 35 heavy (non-hydrogen) atoms. The molecule has 4 heterocycles. The average Bonchev–Trinajstić information content (AvgIpc) is 3.59. The van der Waals surface area contributed by atoms with Gasteiger partial charge in [-0.3, -0.25) is 0 Å². The van der Waals surface area contributed by atoms with Crippen LogP contribution in [0.3, 0.4) is 0 Å². The zero-order valence-electron chi connectivity index (χ0n) is 19.9. The second kappa shape index (κ2) is 8.43. The van der Waals surface area contributed by atoms with Gasteiger partial charge < -0.3 is 9.13 Å². The number of aromatic nitrogens is 9. The number of benzene rings is 2. The maximum absolute atomic E-state index is 4.96. The van der Waals surface area contributed by atoms with Gasteiger partial charge in [0.2, 0.25) is 0 Å². The predicted octanol–water partition coefficient (Wildman–Crippen LogP) is 4.24. The van der Waals surface area contributed by atoms with Crippen LogP contribution in [-0.4, -0.2) is 44.7 Å². The summed E-state index contributed by atoms with van der Waals surface area (Å²) in [5.74, 6) is 2.59. The summed E-state index contributed by atoms with van der Waals surface area (Å²) in [6.45, 7) is 7.44. The van der Waals surface area contributed by atoms with Crippen molar-refractivity contribution in [3.8, 4) is 11.4 Å². The van der Waals surface area contributed by atoms with E-state index in [1.54, 1.807) is 0 Å². The van der Waals surface area contributed by atoms with E-state index in [4.69, 9.17) is 15.0 Å². The number of aromatic amines is 1. The van der Waals surface area contributed by atoms with Gasteiger partial charge in [0.25, 0.3) is 0 Å². The topological polar surface area (TPSA) is 103 Å². The SMILES string of the molecule is CCc1nc2c(C)cc(C)nc2n1Cc1ccc2nc(-c3ccccc3)n(Cc3nnn[nH]3)c2c1. The monoisotopic (exact) mass is 463 g/mol. The normalized spacial score (nSPS) is 11.6. The standard InChI is InChI=1S/C26H25N9/c1-4-23-29-24-16(2)12-17(3)27-26(24)35(23)14-18-10-11-20-21(13-18)34(15-22-30-32-33-31-22)25(28-20)19-8-6-5-7-9-19/h5-13H,4,14-15H2,1-3H3,(H,30,31,32,33). The van der Waals surface area contributed by atoms with Gasteiger partial charge >= 0.3 is 0 Å². The molecule has 0 aliphatic carbocycles. The third kappa shape index (κ3) is 3.74. The number of rotatable bonds is 6. The molecule has 0 aliphatic rings. The number of fused-ring (bicyclic) bond motifs is 2. The summed E-state index contributed by atoms with van der Waals surface area (Å²) in [5.41, 5.74) is 8.22. The highest BCUT2D eigenvalue weighted by Crippen LogP contribution is 2.27. The second-order valence-corrected chi connectivity index (χ2v) is 8.78. The minimum absolute atomic E-state index is 0.491. The number of nitrogens with zero attached hydrogens (tertiary/aromatic N) is 8. The highest BCUT2D eigenvalue weighted by atomic mass is 15.5. The quantitative estimate of drug-likeness (QED) is 0.396. The molecule has 0 amide bonds. The molecule has 6 aromatic rings. The van der Waals surface area contributed by atoms with Gasteiger partial charge in [0.05, 0.1) is 24.1 Å². The van der Waals surface area contributed by atoms with Gasteiger partial charge in [0.15, 0.2) is 11.5 Å². The van der Waals surface area contributed by atoms with Crippen molar-refractivity contribution in [2.75, 3.05) is 0 Å². The molecule has 0 unspecified atom stereocenters. The molecule has 0 aliphatic heterocycles. The third-order valence-corrected chi connectivity index (χ3v) is 6.30. The van der Waals surface area contributed by atoms with Crippen LogP contribution in [0.5, 0.6) is 0 Å². The Labute approximate surface area is 201 Å². The Morgan fingerprint density at radius 3 is 2.51 bits per heavy atom. The smallest absolute Gasteiger partial charge is 0.168 e. The van der Waals surface area contributed by atoms with Crippen LogP contribution in [0.4, 0.5) is 0 Å². The largest absolute Gasteiger partial charge is 0.316 e. The first-order valence-electron chi connectivity index (χ1n) is 11.7. The number of pyridine rings is 1. The van der Waals surface area contributed by atoms with Crippen molar-refractivity contribution in [2.45, 2.75) is 40.3 Å².